The van der Waals surface area contributed by atoms with Crippen molar-refractivity contribution < 1.29 is 14.3 Å². The smallest absolute Gasteiger partial charge is 0.323 e. The number of hydrogen-bond donors (Lipinski definition) is 1. The monoisotopic (exact) mass is 277 g/mol. The maximum Gasteiger partial charge on any atom is 0.323 e. The molecule has 0 radical (unpaired) electrons. The van der Waals surface area contributed by atoms with Crippen molar-refractivity contribution in [2.24, 2.45) is 0 Å². The van der Waals surface area contributed by atoms with E-state index in [1.165, 1.54) is 0 Å². The van der Waals surface area contributed by atoms with Crippen LogP contribution in [0, 0.1) is 6.92 Å². The third kappa shape index (κ3) is 2.56. The number of anilines is 1. The van der Waals surface area contributed by atoms with E-state index >= 15 is 0 Å². The summed E-state index contributed by atoms with van der Waals surface area (Å²) in [6, 6.07) is 3.74. The van der Waals surface area contributed by atoms with Crippen molar-refractivity contribution >= 4 is 11.8 Å². The van der Waals surface area contributed by atoms with Crippen LogP contribution in [-0.2, 0) is 4.74 Å². The zero-order chi connectivity index (χ0) is 14.1. The van der Waals surface area contributed by atoms with Gasteiger partial charge in [-0.15, -0.1) is 0 Å². The number of carbonyl (C=O) groups is 1. The van der Waals surface area contributed by atoms with Gasteiger partial charge in [0.15, 0.2) is 0 Å². The van der Waals surface area contributed by atoms with Crippen LogP contribution in [0.4, 0.5) is 10.6 Å². The van der Waals surface area contributed by atoms with E-state index in [0.717, 1.165) is 17.9 Å². The summed E-state index contributed by atoms with van der Waals surface area (Å²) in [5.41, 5.74) is 0.774. The van der Waals surface area contributed by atoms with Crippen LogP contribution < -0.4 is 10.1 Å². The Morgan fingerprint density at radius 2 is 2.45 bits per heavy atom. The van der Waals surface area contributed by atoms with Crippen LogP contribution in [-0.4, -0.2) is 47.8 Å². The first kappa shape index (κ1) is 13.2. The fourth-order valence-electron chi connectivity index (χ4n) is 2.49. The molecular formula is C14H19N3O3. The van der Waals surface area contributed by atoms with Gasteiger partial charge in [0.05, 0.1) is 31.1 Å². The lowest BCUT2D eigenvalue weighted by atomic mass is 10.3. The molecule has 2 atom stereocenters. The topological polar surface area (TPSA) is 63.7 Å². The first-order valence-electron chi connectivity index (χ1n) is 6.98. The van der Waals surface area contributed by atoms with E-state index in [1.807, 2.05) is 24.8 Å². The van der Waals surface area contributed by atoms with E-state index in [9.17, 15) is 4.79 Å². The van der Waals surface area contributed by atoms with E-state index in [-0.39, 0.29) is 18.2 Å². The number of urea groups is 1. The minimum absolute atomic E-state index is 0.100. The number of morpholine rings is 1. The van der Waals surface area contributed by atoms with E-state index in [4.69, 9.17) is 9.47 Å². The molecule has 2 unspecified atom stereocenters. The second kappa shape index (κ2) is 5.28. The molecule has 6 heteroatoms. The highest BCUT2D eigenvalue weighted by atomic mass is 16.5. The Morgan fingerprint density at radius 1 is 1.60 bits per heavy atom. The molecule has 2 aliphatic rings. The van der Waals surface area contributed by atoms with Crippen LogP contribution in [0.2, 0.25) is 0 Å². The molecule has 1 aromatic heterocycles. The number of pyridine rings is 1. The minimum atomic E-state index is -0.100. The summed E-state index contributed by atoms with van der Waals surface area (Å²) in [6.45, 7) is 5.66. The molecule has 6 nitrogen and oxygen atoms in total. The number of carbonyl (C=O) groups excluding carboxylic acids is 1. The summed E-state index contributed by atoms with van der Waals surface area (Å²) in [5.74, 6) is 1.30. The molecule has 0 aromatic carbocycles. The normalized spacial score (nSPS) is 24.0. The zero-order valence-electron chi connectivity index (χ0n) is 11.8. The summed E-state index contributed by atoms with van der Waals surface area (Å²) in [5, 5.41) is 2.84. The summed E-state index contributed by atoms with van der Waals surface area (Å²) >= 11 is 0. The molecule has 20 heavy (non-hydrogen) atoms. The Morgan fingerprint density at radius 3 is 3.20 bits per heavy atom. The van der Waals surface area contributed by atoms with Gasteiger partial charge < -0.3 is 14.4 Å². The molecule has 2 fully saturated rings. The Hall–Kier alpha value is -1.82. The van der Waals surface area contributed by atoms with Gasteiger partial charge in [-0.2, -0.15) is 0 Å². The Balaban J connectivity index is 1.65. The molecule has 2 amide bonds. The molecule has 2 heterocycles. The maximum absolute atomic E-state index is 12.2. The zero-order valence-corrected chi connectivity index (χ0v) is 11.8. The van der Waals surface area contributed by atoms with Gasteiger partial charge in [0.1, 0.15) is 11.6 Å². The highest BCUT2D eigenvalue weighted by Crippen LogP contribution is 2.34. The number of amides is 2. The molecule has 1 aliphatic carbocycles. The number of rotatable bonds is 3. The largest absolute Gasteiger partial charge is 0.492 e. The van der Waals surface area contributed by atoms with Gasteiger partial charge in [-0.1, -0.05) is 0 Å². The summed E-state index contributed by atoms with van der Waals surface area (Å²) in [6.07, 6.45) is 1.19. The molecule has 1 N–H and O–H groups in total. The molecule has 0 spiro atoms. The highest BCUT2D eigenvalue weighted by molar-refractivity contribution is 5.89. The summed E-state index contributed by atoms with van der Waals surface area (Å²) in [7, 11) is 0. The van der Waals surface area contributed by atoms with Crippen molar-refractivity contribution in [3.8, 4) is 5.75 Å². The van der Waals surface area contributed by atoms with Gasteiger partial charge in [0.2, 0.25) is 0 Å². The summed E-state index contributed by atoms with van der Waals surface area (Å²) < 4.78 is 10.9. The van der Waals surface area contributed by atoms with Gasteiger partial charge >= 0.3 is 6.03 Å². The SMILES string of the molecule is CCOc1ccc(NC(=O)N2CCOC3CC32)nc1C. The van der Waals surface area contributed by atoms with E-state index in [0.29, 0.717) is 25.6 Å². The minimum Gasteiger partial charge on any atom is -0.492 e. The first-order valence-corrected chi connectivity index (χ1v) is 6.98. The van der Waals surface area contributed by atoms with Gasteiger partial charge in [-0.25, -0.2) is 9.78 Å². The van der Waals surface area contributed by atoms with Crippen LogP contribution in [0.5, 0.6) is 5.75 Å². The van der Waals surface area contributed by atoms with Crippen molar-refractivity contribution in [1.29, 1.82) is 0 Å². The summed E-state index contributed by atoms with van der Waals surface area (Å²) in [4.78, 5) is 18.4. The van der Waals surface area contributed by atoms with Crippen LogP contribution >= 0.6 is 0 Å². The number of fused-ring (bicyclic) bond motifs is 1. The predicted octanol–water partition coefficient (Wildman–Crippen LogP) is 1.79. The van der Waals surface area contributed by atoms with Crippen molar-refractivity contribution in [1.82, 2.24) is 9.88 Å². The standard InChI is InChI=1S/C14H19N3O3/c1-3-19-11-4-5-13(15-9(11)2)16-14(18)17-6-7-20-12-8-10(12)17/h4-5,10,12H,3,6-8H2,1-2H3,(H,15,16,18). The van der Waals surface area contributed by atoms with E-state index in [1.54, 1.807) is 6.07 Å². The number of aromatic nitrogens is 1. The average molecular weight is 277 g/mol. The van der Waals surface area contributed by atoms with Gasteiger partial charge in [0.25, 0.3) is 0 Å². The van der Waals surface area contributed by atoms with Gasteiger partial charge in [-0.05, 0) is 32.4 Å². The molecule has 108 valence electrons. The van der Waals surface area contributed by atoms with Crippen molar-refractivity contribution in [3.63, 3.8) is 0 Å². The number of nitrogens with one attached hydrogen (secondary N) is 1. The third-order valence-electron chi connectivity index (χ3n) is 3.60. The number of ether oxygens (including phenoxy) is 2. The van der Waals surface area contributed by atoms with Crippen LogP contribution in [0.15, 0.2) is 12.1 Å². The van der Waals surface area contributed by atoms with Crippen molar-refractivity contribution in [2.45, 2.75) is 32.4 Å². The Bertz CT molecular complexity index is 520. The number of nitrogens with zero attached hydrogens (tertiary/aromatic N) is 2. The third-order valence-corrected chi connectivity index (χ3v) is 3.60. The number of hydrogen-bond acceptors (Lipinski definition) is 4. The highest BCUT2D eigenvalue weighted by Gasteiger charge is 2.47. The molecule has 1 saturated heterocycles. The van der Waals surface area contributed by atoms with E-state index in [2.05, 4.69) is 10.3 Å². The maximum atomic E-state index is 12.2. The van der Waals surface area contributed by atoms with Crippen LogP contribution in [0.3, 0.4) is 0 Å². The molecule has 1 aromatic rings. The van der Waals surface area contributed by atoms with Gasteiger partial charge in [0, 0.05) is 6.54 Å². The van der Waals surface area contributed by atoms with Crippen molar-refractivity contribution in [3.05, 3.63) is 17.8 Å². The van der Waals surface area contributed by atoms with Crippen LogP contribution in [0.1, 0.15) is 19.0 Å². The Kier molecular flexibility index (Phi) is 3.48. The average Bonchev–Trinajstić information content (AvgIpc) is 3.21. The lowest BCUT2D eigenvalue weighted by Crippen LogP contribution is -2.43. The second-order valence-electron chi connectivity index (χ2n) is 5.05. The predicted molar refractivity (Wildman–Crippen MR) is 74.0 cm³/mol. The Labute approximate surface area is 118 Å². The second-order valence-corrected chi connectivity index (χ2v) is 5.05. The van der Waals surface area contributed by atoms with Gasteiger partial charge in [-0.3, -0.25) is 5.32 Å². The number of aryl methyl sites for hydroxylation is 1. The molecular weight excluding hydrogens is 258 g/mol. The quantitative estimate of drug-likeness (QED) is 0.915. The first-order chi connectivity index (χ1) is 9.69. The fraction of sp³-hybridized carbons (Fsp3) is 0.571. The van der Waals surface area contributed by atoms with E-state index < -0.39 is 0 Å². The molecule has 0 bridgehead atoms. The molecule has 3 rings (SSSR count). The van der Waals surface area contributed by atoms with Crippen LogP contribution in [0.25, 0.3) is 0 Å². The molecule has 1 aliphatic heterocycles. The molecule has 1 saturated carbocycles. The van der Waals surface area contributed by atoms with Crippen molar-refractivity contribution in [2.75, 3.05) is 25.1 Å². The fourth-order valence-corrected chi connectivity index (χ4v) is 2.49. The lowest BCUT2D eigenvalue weighted by molar-refractivity contribution is 0.0483. The lowest BCUT2D eigenvalue weighted by Gasteiger charge is -2.26.